The molecule has 56 valence electrons. The lowest BCUT2D eigenvalue weighted by Gasteiger charge is -2.02. The fraction of sp³-hybridized carbons (Fsp3) is 0.111. The second-order valence-corrected chi connectivity index (χ2v) is 2.11. The van der Waals surface area contributed by atoms with E-state index >= 15 is 0 Å². The fourth-order valence-electron chi connectivity index (χ4n) is 0.876. The van der Waals surface area contributed by atoms with Crippen molar-refractivity contribution in [3.05, 3.63) is 29.3 Å². The van der Waals surface area contributed by atoms with E-state index in [1.165, 1.54) is 6.07 Å². The van der Waals surface area contributed by atoms with Crippen molar-refractivity contribution in [2.75, 3.05) is 0 Å². The molecule has 1 aromatic carbocycles. The van der Waals surface area contributed by atoms with Crippen molar-refractivity contribution >= 4 is 0 Å². The van der Waals surface area contributed by atoms with Gasteiger partial charge in [-0.15, -0.1) is 6.42 Å². The van der Waals surface area contributed by atoms with Gasteiger partial charge in [0.15, 0.2) is 0 Å². The molecule has 0 atom stereocenters. The first kappa shape index (κ1) is 7.64. The number of terminal acetylenes is 1. The topological polar surface area (TPSA) is 40.5 Å². The Labute approximate surface area is 65.1 Å². The van der Waals surface area contributed by atoms with Gasteiger partial charge in [-0.25, -0.2) is 0 Å². The summed E-state index contributed by atoms with van der Waals surface area (Å²) in [7, 11) is 0. The predicted octanol–water partition coefficient (Wildman–Crippen LogP) is 0.866. The normalized spacial score (nSPS) is 9.09. The van der Waals surface area contributed by atoms with Crippen LogP contribution in [0.5, 0.6) is 5.75 Å². The Morgan fingerprint density at radius 1 is 1.45 bits per heavy atom. The summed E-state index contributed by atoms with van der Waals surface area (Å²) in [6, 6.07) is 4.81. The quantitative estimate of drug-likeness (QED) is 0.580. The van der Waals surface area contributed by atoms with Crippen LogP contribution in [0.25, 0.3) is 0 Å². The molecular weight excluding hydrogens is 140 g/mol. The van der Waals surface area contributed by atoms with Gasteiger partial charge in [0.2, 0.25) is 0 Å². The second-order valence-electron chi connectivity index (χ2n) is 2.11. The van der Waals surface area contributed by atoms with E-state index in [1.807, 2.05) is 0 Å². The maximum atomic E-state index is 9.17. The lowest BCUT2D eigenvalue weighted by Crippen LogP contribution is -1.88. The smallest absolute Gasteiger partial charge is 0.122 e. The van der Waals surface area contributed by atoms with Crippen molar-refractivity contribution < 1.29 is 10.2 Å². The molecule has 0 bridgehead atoms. The van der Waals surface area contributed by atoms with Gasteiger partial charge in [0.25, 0.3) is 0 Å². The van der Waals surface area contributed by atoms with Crippen molar-refractivity contribution in [2.45, 2.75) is 6.61 Å². The molecule has 0 amide bonds. The third kappa shape index (κ3) is 1.34. The van der Waals surface area contributed by atoms with Crippen LogP contribution >= 0.6 is 0 Å². The van der Waals surface area contributed by atoms with Gasteiger partial charge < -0.3 is 10.2 Å². The molecule has 1 rings (SSSR count). The zero-order valence-electron chi connectivity index (χ0n) is 5.91. The molecule has 0 aliphatic rings. The van der Waals surface area contributed by atoms with Crippen LogP contribution < -0.4 is 0 Å². The highest BCUT2D eigenvalue weighted by Gasteiger charge is 2.02. The number of phenols is 1. The number of aromatic hydroxyl groups is 1. The maximum absolute atomic E-state index is 9.17. The van der Waals surface area contributed by atoms with Crippen molar-refractivity contribution in [1.29, 1.82) is 0 Å². The van der Waals surface area contributed by atoms with Gasteiger partial charge in [-0.05, 0) is 12.1 Å². The molecule has 0 saturated heterocycles. The molecule has 2 heteroatoms. The molecule has 0 aliphatic carbocycles. The summed E-state index contributed by atoms with van der Waals surface area (Å²) >= 11 is 0. The van der Waals surface area contributed by atoms with E-state index in [4.69, 9.17) is 16.6 Å². The van der Waals surface area contributed by atoms with Crippen LogP contribution in [-0.2, 0) is 6.61 Å². The zero-order chi connectivity index (χ0) is 8.27. The van der Waals surface area contributed by atoms with Crippen molar-refractivity contribution in [3.8, 4) is 18.1 Å². The van der Waals surface area contributed by atoms with Crippen molar-refractivity contribution in [3.63, 3.8) is 0 Å². The summed E-state index contributed by atoms with van der Waals surface area (Å²) in [5.74, 6) is 2.41. The molecule has 0 heterocycles. The Balaban J connectivity index is 3.27. The first-order valence-corrected chi connectivity index (χ1v) is 3.18. The summed E-state index contributed by atoms with van der Waals surface area (Å²) in [6.45, 7) is -0.230. The lowest BCUT2D eigenvalue weighted by molar-refractivity contribution is 0.275. The highest BCUT2D eigenvalue weighted by atomic mass is 16.3. The average Bonchev–Trinajstić information content (AvgIpc) is 2.04. The van der Waals surface area contributed by atoms with E-state index in [0.29, 0.717) is 11.1 Å². The van der Waals surface area contributed by atoms with E-state index in [0.717, 1.165) is 0 Å². The standard InChI is InChI=1S/C9H8O2/c1-2-7-4-3-5-9(11)8(7)6-10/h1,3-5,10-11H,6H2. The lowest BCUT2D eigenvalue weighted by atomic mass is 10.1. The Hall–Kier alpha value is -1.46. The van der Waals surface area contributed by atoms with Gasteiger partial charge >= 0.3 is 0 Å². The van der Waals surface area contributed by atoms with Crippen molar-refractivity contribution in [2.24, 2.45) is 0 Å². The molecule has 0 aromatic heterocycles. The first-order valence-electron chi connectivity index (χ1n) is 3.18. The zero-order valence-corrected chi connectivity index (χ0v) is 5.91. The van der Waals surface area contributed by atoms with Crippen molar-refractivity contribution in [1.82, 2.24) is 0 Å². The maximum Gasteiger partial charge on any atom is 0.122 e. The van der Waals surface area contributed by atoms with Gasteiger partial charge in [-0.3, -0.25) is 0 Å². The van der Waals surface area contributed by atoms with Gasteiger partial charge in [0, 0.05) is 11.1 Å². The number of aliphatic hydroxyl groups is 1. The molecule has 0 saturated carbocycles. The number of aliphatic hydroxyl groups excluding tert-OH is 1. The molecular formula is C9H8O2. The third-order valence-electron chi connectivity index (χ3n) is 1.46. The van der Waals surface area contributed by atoms with E-state index in [-0.39, 0.29) is 12.4 Å². The highest BCUT2D eigenvalue weighted by Crippen LogP contribution is 2.19. The Bertz CT molecular complexity index is 297. The molecule has 0 fully saturated rings. The third-order valence-corrected chi connectivity index (χ3v) is 1.46. The monoisotopic (exact) mass is 148 g/mol. The van der Waals surface area contributed by atoms with Gasteiger partial charge in [-0.2, -0.15) is 0 Å². The Kier molecular flexibility index (Phi) is 2.15. The van der Waals surface area contributed by atoms with Crippen LogP contribution in [-0.4, -0.2) is 10.2 Å². The minimum absolute atomic E-state index is 0.0444. The summed E-state index contributed by atoms with van der Waals surface area (Å²) < 4.78 is 0. The van der Waals surface area contributed by atoms with Crippen LogP contribution in [0.3, 0.4) is 0 Å². The molecule has 11 heavy (non-hydrogen) atoms. The van der Waals surface area contributed by atoms with Gasteiger partial charge in [-0.1, -0.05) is 12.0 Å². The molecule has 0 spiro atoms. The van der Waals surface area contributed by atoms with Crippen LogP contribution in [0.2, 0.25) is 0 Å². The van der Waals surface area contributed by atoms with Crippen LogP contribution in [0.4, 0.5) is 0 Å². The summed E-state index contributed by atoms with van der Waals surface area (Å²) in [5.41, 5.74) is 0.947. The van der Waals surface area contributed by atoms with Crippen LogP contribution in [0.15, 0.2) is 18.2 Å². The van der Waals surface area contributed by atoms with Crippen LogP contribution in [0.1, 0.15) is 11.1 Å². The largest absolute Gasteiger partial charge is 0.508 e. The minimum atomic E-state index is -0.230. The molecule has 2 N–H and O–H groups in total. The summed E-state index contributed by atoms with van der Waals surface area (Å²) in [5, 5.41) is 17.9. The second kappa shape index (κ2) is 3.09. The van der Waals surface area contributed by atoms with E-state index in [9.17, 15) is 0 Å². The van der Waals surface area contributed by atoms with E-state index in [2.05, 4.69) is 5.92 Å². The first-order chi connectivity index (χ1) is 5.29. The van der Waals surface area contributed by atoms with E-state index in [1.54, 1.807) is 12.1 Å². The number of benzene rings is 1. The number of hydrogen-bond donors (Lipinski definition) is 2. The number of hydrogen-bond acceptors (Lipinski definition) is 2. The molecule has 2 nitrogen and oxygen atoms in total. The number of rotatable bonds is 1. The predicted molar refractivity (Wildman–Crippen MR) is 42.0 cm³/mol. The minimum Gasteiger partial charge on any atom is -0.508 e. The molecule has 0 radical (unpaired) electrons. The Morgan fingerprint density at radius 3 is 2.64 bits per heavy atom. The van der Waals surface area contributed by atoms with E-state index < -0.39 is 0 Å². The average molecular weight is 148 g/mol. The molecule has 0 aliphatic heterocycles. The Morgan fingerprint density at radius 2 is 2.18 bits per heavy atom. The molecule has 1 aromatic rings. The SMILES string of the molecule is C#Cc1cccc(O)c1CO. The van der Waals surface area contributed by atoms with Gasteiger partial charge in [0.05, 0.1) is 6.61 Å². The summed E-state index contributed by atoms with van der Waals surface area (Å²) in [6.07, 6.45) is 5.12. The van der Waals surface area contributed by atoms with Gasteiger partial charge in [0.1, 0.15) is 5.75 Å². The van der Waals surface area contributed by atoms with Crippen LogP contribution in [0, 0.1) is 12.3 Å². The summed E-state index contributed by atoms with van der Waals surface area (Å²) in [4.78, 5) is 0. The highest BCUT2D eigenvalue weighted by molar-refractivity contribution is 5.46. The fourth-order valence-corrected chi connectivity index (χ4v) is 0.876. The molecule has 0 unspecified atom stereocenters.